The number of aryl methyl sites for hydroxylation is 1. The maximum Gasteiger partial charge on any atom is 0.255 e. The third-order valence-corrected chi connectivity index (χ3v) is 9.69. The van der Waals surface area contributed by atoms with Gasteiger partial charge in [-0.05, 0) is 72.8 Å². The fourth-order valence-electron chi connectivity index (χ4n) is 6.66. The lowest BCUT2D eigenvalue weighted by molar-refractivity contribution is 0.286. The van der Waals surface area contributed by atoms with Crippen molar-refractivity contribution in [3.8, 4) is 17.0 Å². The molecule has 3 aliphatic carbocycles. The predicted octanol–water partition coefficient (Wildman–Crippen LogP) is 10.9. The molecule has 0 spiro atoms. The van der Waals surface area contributed by atoms with Crippen LogP contribution in [0.15, 0.2) is 18.2 Å². The summed E-state index contributed by atoms with van der Waals surface area (Å²) in [6, 6.07) is 4.72. The van der Waals surface area contributed by atoms with Crippen LogP contribution in [0.5, 0.6) is 5.75 Å². The van der Waals surface area contributed by atoms with E-state index in [-0.39, 0.29) is 17.0 Å². The van der Waals surface area contributed by atoms with Crippen LogP contribution in [0, 0.1) is 35.3 Å². The maximum absolute atomic E-state index is 15.2. The maximum atomic E-state index is 15.2. The third-order valence-electron chi connectivity index (χ3n) is 9.69. The van der Waals surface area contributed by atoms with Crippen molar-refractivity contribution in [1.29, 1.82) is 0 Å². The summed E-state index contributed by atoms with van der Waals surface area (Å²) in [6.07, 6.45) is 25.4. The summed E-state index contributed by atoms with van der Waals surface area (Å²) < 4.78 is 50.8. The molecule has 5 heteroatoms. The quantitative estimate of drug-likeness (QED) is 0.124. The van der Waals surface area contributed by atoms with Crippen LogP contribution >= 0.6 is 0 Å². The molecule has 0 bridgehead atoms. The molecule has 2 aromatic rings. The molecular weight excluding hydrogens is 519 g/mol. The summed E-state index contributed by atoms with van der Waals surface area (Å²) in [4.78, 5) is 3.96. The van der Waals surface area contributed by atoms with Gasteiger partial charge in [-0.15, -0.1) is 0 Å². The number of ether oxygens (including phenoxy) is 1. The first-order valence-electron chi connectivity index (χ1n) is 16.9. The lowest BCUT2D eigenvalue weighted by Crippen LogP contribution is -2.17. The minimum atomic E-state index is -0.919. The van der Waals surface area contributed by atoms with Gasteiger partial charge in [-0.25, -0.2) is 13.8 Å². The average molecular weight is 570 g/mol. The second-order valence-electron chi connectivity index (χ2n) is 13.3. The Morgan fingerprint density at radius 2 is 1.24 bits per heavy atom. The number of pyridine rings is 1. The van der Waals surface area contributed by atoms with Crippen molar-refractivity contribution in [2.45, 2.75) is 135 Å². The molecule has 0 saturated heterocycles. The first kappa shape index (κ1) is 30.4. The van der Waals surface area contributed by atoms with Gasteiger partial charge in [0.2, 0.25) is 0 Å². The molecule has 0 N–H and O–H groups in total. The molecule has 0 amide bonds. The van der Waals surface area contributed by atoms with Gasteiger partial charge in [0.15, 0.2) is 17.4 Å². The predicted molar refractivity (Wildman–Crippen MR) is 161 cm³/mol. The molecule has 41 heavy (non-hydrogen) atoms. The minimum absolute atomic E-state index is 0.0398. The highest BCUT2D eigenvalue weighted by atomic mass is 19.2. The van der Waals surface area contributed by atoms with Crippen molar-refractivity contribution >= 4 is 0 Å². The fraction of sp³-hybridized carbons (Fsp3) is 0.694. The SMILES string of the molecule is Fc1nc(-c2cc3c(c(F)c2F)CC(CCCCCCCCCC2CC2)CC3)ccc1OCCCCCCC1CC1. The Kier molecular flexibility index (Phi) is 11.5. The van der Waals surface area contributed by atoms with E-state index in [1.54, 1.807) is 6.07 Å². The van der Waals surface area contributed by atoms with E-state index in [0.717, 1.165) is 49.5 Å². The van der Waals surface area contributed by atoms with E-state index in [4.69, 9.17) is 4.74 Å². The van der Waals surface area contributed by atoms with Crippen molar-refractivity contribution < 1.29 is 17.9 Å². The lowest BCUT2D eigenvalue weighted by atomic mass is 9.80. The highest BCUT2D eigenvalue weighted by molar-refractivity contribution is 5.63. The van der Waals surface area contributed by atoms with Crippen molar-refractivity contribution in [1.82, 2.24) is 4.98 Å². The van der Waals surface area contributed by atoms with Crippen molar-refractivity contribution in [2.75, 3.05) is 6.61 Å². The number of aromatic nitrogens is 1. The topological polar surface area (TPSA) is 22.1 Å². The van der Waals surface area contributed by atoms with Gasteiger partial charge < -0.3 is 4.74 Å². The van der Waals surface area contributed by atoms with Crippen LogP contribution in [0.4, 0.5) is 13.2 Å². The van der Waals surface area contributed by atoms with Gasteiger partial charge in [0.05, 0.1) is 12.3 Å². The molecule has 1 atom stereocenters. The van der Waals surface area contributed by atoms with Crippen LogP contribution < -0.4 is 4.74 Å². The summed E-state index contributed by atoms with van der Waals surface area (Å²) in [5, 5.41) is 0. The molecule has 2 fully saturated rings. The summed E-state index contributed by atoms with van der Waals surface area (Å²) in [5.41, 5.74) is 1.50. The molecule has 0 aliphatic heterocycles. The van der Waals surface area contributed by atoms with Crippen LogP contribution in [0.3, 0.4) is 0 Å². The Morgan fingerprint density at radius 3 is 1.85 bits per heavy atom. The first-order chi connectivity index (χ1) is 20.1. The number of nitrogens with zero attached hydrogens (tertiary/aromatic N) is 1. The zero-order chi connectivity index (χ0) is 28.4. The lowest BCUT2D eigenvalue weighted by Gasteiger charge is -2.26. The first-order valence-corrected chi connectivity index (χ1v) is 16.9. The van der Waals surface area contributed by atoms with Crippen LogP contribution in [0.2, 0.25) is 0 Å². The summed E-state index contributed by atoms with van der Waals surface area (Å²) >= 11 is 0. The van der Waals surface area contributed by atoms with Gasteiger partial charge in [-0.3, -0.25) is 0 Å². The Hall–Kier alpha value is -2.04. The molecule has 2 nitrogen and oxygen atoms in total. The normalized spacial score (nSPS) is 18.5. The van der Waals surface area contributed by atoms with Gasteiger partial charge in [0.1, 0.15) is 0 Å². The van der Waals surface area contributed by atoms with Gasteiger partial charge in [0.25, 0.3) is 5.95 Å². The monoisotopic (exact) mass is 569 g/mol. The van der Waals surface area contributed by atoms with E-state index in [1.807, 2.05) is 0 Å². The van der Waals surface area contributed by atoms with E-state index in [2.05, 4.69) is 4.98 Å². The van der Waals surface area contributed by atoms with E-state index >= 15 is 8.78 Å². The zero-order valence-electron chi connectivity index (χ0n) is 25.0. The highest BCUT2D eigenvalue weighted by Gasteiger charge is 2.27. The molecule has 0 radical (unpaired) electrons. The fourth-order valence-corrected chi connectivity index (χ4v) is 6.66. The number of hydrogen-bond donors (Lipinski definition) is 0. The molecule has 5 rings (SSSR count). The van der Waals surface area contributed by atoms with E-state index in [1.165, 1.54) is 108 Å². The zero-order valence-corrected chi connectivity index (χ0v) is 25.0. The van der Waals surface area contributed by atoms with Crippen molar-refractivity contribution in [2.24, 2.45) is 17.8 Å². The van der Waals surface area contributed by atoms with Gasteiger partial charge >= 0.3 is 0 Å². The molecule has 3 aliphatic rings. The highest BCUT2D eigenvalue weighted by Crippen LogP contribution is 2.37. The van der Waals surface area contributed by atoms with Crippen molar-refractivity contribution in [3.63, 3.8) is 0 Å². The molecule has 2 saturated carbocycles. The van der Waals surface area contributed by atoms with Crippen LogP contribution in [0.25, 0.3) is 11.3 Å². The summed E-state index contributed by atoms with van der Waals surface area (Å²) in [6.45, 7) is 0.435. The summed E-state index contributed by atoms with van der Waals surface area (Å²) in [5.74, 6) is 0.0303. The smallest absolute Gasteiger partial charge is 0.255 e. The standard InChI is InChI=1S/C36H50F3NO/c37-34-30-24-28(14-10-5-3-1-2-4-8-12-26-15-16-26)19-20-29(30)25-31(35(34)38)32-21-22-33(36(39)40-32)41-23-11-7-6-9-13-27-17-18-27/h21-22,25-28H,1-20,23-24H2. The minimum Gasteiger partial charge on any atom is -0.489 e. The Balaban J connectivity index is 1.05. The molecule has 1 heterocycles. The average Bonchev–Trinajstić information content (AvgIpc) is 3.91. The number of rotatable bonds is 19. The Morgan fingerprint density at radius 1 is 0.659 bits per heavy atom. The van der Waals surface area contributed by atoms with Crippen LogP contribution in [0.1, 0.15) is 133 Å². The second kappa shape index (κ2) is 15.4. The number of halogens is 3. The largest absolute Gasteiger partial charge is 0.489 e. The Bertz CT molecular complexity index is 1110. The van der Waals surface area contributed by atoms with Crippen LogP contribution in [-0.2, 0) is 12.8 Å². The van der Waals surface area contributed by atoms with E-state index in [0.29, 0.717) is 24.5 Å². The molecular formula is C36H50F3NO. The number of benzene rings is 1. The van der Waals surface area contributed by atoms with Crippen molar-refractivity contribution in [3.05, 3.63) is 46.9 Å². The molecule has 1 aromatic carbocycles. The van der Waals surface area contributed by atoms with E-state index in [9.17, 15) is 4.39 Å². The van der Waals surface area contributed by atoms with Gasteiger partial charge in [-0.1, -0.05) is 109 Å². The van der Waals surface area contributed by atoms with E-state index < -0.39 is 17.6 Å². The molecule has 1 aromatic heterocycles. The van der Waals surface area contributed by atoms with Gasteiger partial charge in [-0.2, -0.15) is 4.39 Å². The number of fused-ring (bicyclic) bond motifs is 1. The summed E-state index contributed by atoms with van der Waals surface area (Å²) in [7, 11) is 0. The molecule has 1 unspecified atom stereocenters. The second-order valence-corrected chi connectivity index (χ2v) is 13.3. The number of hydrogen-bond acceptors (Lipinski definition) is 2. The number of unbranched alkanes of at least 4 members (excludes halogenated alkanes) is 9. The molecule has 226 valence electrons. The van der Waals surface area contributed by atoms with Gasteiger partial charge in [0, 0.05) is 5.56 Å². The van der Waals surface area contributed by atoms with Crippen LogP contribution in [-0.4, -0.2) is 11.6 Å². The third kappa shape index (κ3) is 9.48. The Labute approximate surface area is 245 Å².